The number of nitrogens with one attached hydrogen (secondary N) is 2. The SMILES string of the molecule is COc1ccc(CNc2nccc(C(=O)NCc3ccc(C)cc3)n2)cc1. The van der Waals surface area contributed by atoms with Crippen molar-refractivity contribution in [1.29, 1.82) is 0 Å². The first-order valence-electron chi connectivity index (χ1n) is 8.67. The molecule has 1 heterocycles. The van der Waals surface area contributed by atoms with E-state index in [0.29, 0.717) is 24.7 Å². The highest BCUT2D eigenvalue weighted by Gasteiger charge is 2.08. The van der Waals surface area contributed by atoms with Crippen molar-refractivity contribution in [3.63, 3.8) is 0 Å². The van der Waals surface area contributed by atoms with Gasteiger partial charge in [0.1, 0.15) is 11.4 Å². The lowest BCUT2D eigenvalue weighted by molar-refractivity contribution is 0.0946. The van der Waals surface area contributed by atoms with E-state index in [9.17, 15) is 4.79 Å². The molecule has 27 heavy (non-hydrogen) atoms. The highest BCUT2D eigenvalue weighted by atomic mass is 16.5. The quantitative estimate of drug-likeness (QED) is 0.674. The Hall–Kier alpha value is -3.41. The van der Waals surface area contributed by atoms with Crippen molar-refractivity contribution in [3.05, 3.63) is 83.2 Å². The number of rotatable bonds is 7. The predicted molar refractivity (Wildman–Crippen MR) is 105 cm³/mol. The maximum absolute atomic E-state index is 12.3. The van der Waals surface area contributed by atoms with Crippen molar-refractivity contribution in [2.45, 2.75) is 20.0 Å². The van der Waals surface area contributed by atoms with Crippen LogP contribution in [0.4, 0.5) is 5.95 Å². The highest BCUT2D eigenvalue weighted by molar-refractivity contribution is 5.92. The molecule has 1 aromatic heterocycles. The fourth-order valence-electron chi connectivity index (χ4n) is 2.47. The smallest absolute Gasteiger partial charge is 0.270 e. The minimum absolute atomic E-state index is 0.231. The van der Waals surface area contributed by atoms with E-state index in [-0.39, 0.29) is 5.91 Å². The van der Waals surface area contributed by atoms with Gasteiger partial charge in [-0.15, -0.1) is 0 Å². The lowest BCUT2D eigenvalue weighted by Gasteiger charge is -2.08. The summed E-state index contributed by atoms with van der Waals surface area (Å²) in [7, 11) is 1.64. The van der Waals surface area contributed by atoms with Gasteiger partial charge in [-0.2, -0.15) is 0 Å². The Morgan fingerprint density at radius 2 is 1.63 bits per heavy atom. The number of nitrogens with zero attached hydrogens (tertiary/aromatic N) is 2. The number of hydrogen-bond donors (Lipinski definition) is 2. The molecule has 0 radical (unpaired) electrons. The van der Waals surface area contributed by atoms with Gasteiger partial charge < -0.3 is 15.4 Å². The fraction of sp³-hybridized carbons (Fsp3) is 0.190. The second-order valence-corrected chi connectivity index (χ2v) is 6.14. The van der Waals surface area contributed by atoms with Crippen LogP contribution in [-0.4, -0.2) is 23.0 Å². The molecular weight excluding hydrogens is 340 g/mol. The van der Waals surface area contributed by atoms with Gasteiger partial charge in [0.05, 0.1) is 7.11 Å². The molecule has 2 N–H and O–H groups in total. The summed E-state index contributed by atoms with van der Waals surface area (Å²) in [6, 6.07) is 17.4. The first-order valence-corrected chi connectivity index (χ1v) is 8.67. The fourth-order valence-corrected chi connectivity index (χ4v) is 2.47. The maximum Gasteiger partial charge on any atom is 0.270 e. The molecule has 0 spiro atoms. The molecule has 0 unspecified atom stereocenters. The molecule has 3 rings (SSSR count). The lowest BCUT2D eigenvalue weighted by Crippen LogP contribution is -2.24. The molecule has 138 valence electrons. The van der Waals surface area contributed by atoms with E-state index in [1.54, 1.807) is 19.4 Å². The van der Waals surface area contributed by atoms with Crippen molar-refractivity contribution >= 4 is 11.9 Å². The van der Waals surface area contributed by atoms with Gasteiger partial charge in [0.25, 0.3) is 5.91 Å². The summed E-state index contributed by atoms with van der Waals surface area (Å²) in [6.07, 6.45) is 1.57. The third-order valence-electron chi connectivity index (χ3n) is 4.07. The van der Waals surface area contributed by atoms with Crippen LogP contribution in [0.1, 0.15) is 27.2 Å². The second-order valence-electron chi connectivity index (χ2n) is 6.14. The number of aromatic nitrogens is 2. The number of carbonyl (C=O) groups excluding carboxylic acids is 1. The molecule has 0 bridgehead atoms. The number of methoxy groups -OCH3 is 1. The van der Waals surface area contributed by atoms with Gasteiger partial charge >= 0.3 is 0 Å². The summed E-state index contributed by atoms with van der Waals surface area (Å²) in [5, 5.41) is 6.01. The minimum Gasteiger partial charge on any atom is -0.497 e. The topological polar surface area (TPSA) is 76.1 Å². The zero-order valence-electron chi connectivity index (χ0n) is 15.4. The standard InChI is InChI=1S/C21H22N4O2/c1-15-3-5-16(6-4-15)13-23-20(26)19-11-12-22-21(25-19)24-14-17-7-9-18(27-2)10-8-17/h3-12H,13-14H2,1-2H3,(H,23,26)(H,22,24,25). The second kappa shape index (κ2) is 8.80. The number of benzene rings is 2. The third kappa shape index (κ3) is 5.28. The Morgan fingerprint density at radius 1 is 0.963 bits per heavy atom. The first-order chi connectivity index (χ1) is 13.1. The van der Waals surface area contributed by atoms with Crippen LogP contribution in [0.3, 0.4) is 0 Å². The number of aryl methyl sites for hydroxylation is 1. The van der Waals surface area contributed by atoms with Crippen LogP contribution in [0, 0.1) is 6.92 Å². The van der Waals surface area contributed by atoms with Gasteiger partial charge in [-0.1, -0.05) is 42.0 Å². The van der Waals surface area contributed by atoms with Crippen LogP contribution in [-0.2, 0) is 13.1 Å². The molecular formula is C21H22N4O2. The number of carbonyl (C=O) groups is 1. The Balaban J connectivity index is 1.56. The van der Waals surface area contributed by atoms with Gasteiger partial charge in [0.2, 0.25) is 5.95 Å². The van der Waals surface area contributed by atoms with Crippen LogP contribution in [0.2, 0.25) is 0 Å². The average molecular weight is 362 g/mol. The maximum atomic E-state index is 12.3. The zero-order chi connectivity index (χ0) is 19.1. The molecule has 0 saturated carbocycles. The zero-order valence-corrected chi connectivity index (χ0v) is 15.4. The van der Waals surface area contributed by atoms with Gasteiger partial charge in [-0.3, -0.25) is 4.79 Å². The molecule has 0 aliphatic rings. The van der Waals surface area contributed by atoms with E-state index in [4.69, 9.17) is 4.74 Å². The summed E-state index contributed by atoms with van der Waals surface area (Å²) in [5.41, 5.74) is 3.62. The van der Waals surface area contributed by atoms with E-state index in [0.717, 1.165) is 16.9 Å². The van der Waals surface area contributed by atoms with Crippen molar-refractivity contribution in [2.24, 2.45) is 0 Å². The average Bonchev–Trinajstić information content (AvgIpc) is 2.72. The van der Waals surface area contributed by atoms with E-state index in [1.165, 1.54) is 5.56 Å². The minimum atomic E-state index is -0.231. The van der Waals surface area contributed by atoms with E-state index >= 15 is 0 Å². The number of amides is 1. The summed E-state index contributed by atoms with van der Waals surface area (Å²) < 4.78 is 5.15. The molecule has 6 heteroatoms. The molecule has 1 amide bonds. The Bertz CT molecular complexity index is 893. The van der Waals surface area contributed by atoms with Crippen molar-refractivity contribution in [2.75, 3.05) is 12.4 Å². The Morgan fingerprint density at radius 3 is 2.33 bits per heavy atom. The Labute approximate surface area is 158 Å². The van der Waals surface area contributed by atoms with Crippen LogP contribution >= 0.6 is 0 Å². The van der Waals surface area contributed by atoms with Gasteiger partial charge in [0.15, 0.2) is 0 Å². The van der Waals surface area contributed by atoms with Crippen LogP contribution in [0.15, 0.2) is 60.8 Å². The first kappa shape index (κ1) is 18.4. The van der Waals surface area contributed by atoms with E-state index in [1.807, 2.05) is 55.5 Å². The van der Waals surface area contributed by atoms with Crippen LogP contribution < -0.4 is 15.4 Å². The highest BCUT2D eigenvalue weighted by Crippen LogP contribution is 2.12. The van der Waals surface area contributed by atoms with Crippen molar-refractivity contribution < 1.29 is 9.53 Å². The molecule has 0 aliphatic heterocycles. The third-order valence-corrected chi connectivity index (χ3v) is 4.07. The molecule has 0 fully saturated rings. The number of ether oxygens (including phenoxy) is 1. The molecule has 0 atom stereocenters. The molecule has 6 nitrogen and oxygen atoms in total. The molecule has 0 saturated heterocycles. The van der Waals surface area contributed by atoms with Gasteiger partial charge in [-0.25, -0.2) is 9.97 Å². The summed E-state index contributed by atoms with van der Waals surface area (Å²) in [4.78, 5) is 20.8. The van der Waals surface area contributed by atoms with Crippen LogP contribution in [0.25, 0.3) is 0 Å². The lowest BCUT2D eigenvalue weighted by atomic mass is 10.1. The predicted octanol–water partition coefficient (Wildman–Crippen LogP) is 3.34. The van der Waals surface area contributed by atoms with Crippen molar-refractivity contribution in [1.82, 2.24) is 15.3 Å². The van der Waals surface area contributed by atoms with Crippen molar-refractivity contribution in [3.8, 4) is 5.75 Å². The molecule has 3 aromatic rings. The largest absolute Gasteiger partial charge is 0.497 e. The summed E-state index contributed by atoms with van der Waals surface area (Å²) in [5.74, 6) is 0.988. The monoisotopic (exact) mass is 362 g/mol. The summed E-state index contributed by atoms with van der Waals surface area (Å²) >= 11 is 0. The van der Waals surface area contributed by atoms with Gasteiger partial charge in [0, 0.05) is 19.3 Å². The van der Waals surface area contributed by atoms with E-state index in [2.05, 4.69) is 20.6 Å². The molecule has 2 aromatic carbocycles. The Kier molecular flexibility index (Phi) is 5.99. The molecule has 0 aliphatic carbocycles. The van der Waals surface area contributed by atoms with Crippen LogP contribution in [0.5, 0.6) is 5.75 Å². The number of hydrogen-bond acceptors (Lipinski definition) is 5. The normalized spacial score (nSPS) is 10.3. The summed E-state index contributed by atoms with van der Waals surface area (Å²) in [6.45, 7) is 3.04. The van der Waals surface area contributed by atoms with Gasteiger partial charge in [-0.05, 0) is 36.2 Å². The van der Waals surface area contributed by atoms with E-state index < -0.39 is 0 Å². The number of anilines is 1.